The van der Waals surface area contributed by atoms with Crippen molar-refractivity contribution in [1.29, 1.82) is 0 Å². The van der Waals surface area contributed by atoms with E-state index in [1.54, 1.807) is 6.92 Å². The van der Waals surface area contributed by atoms with E-state index in [4.69, 9.17) is 14.1 Å². The third kappa shape index (κ3) is 2.85. The van der Waals surface area contributed by atoms with Crippen LogP contribution in [0.15, 0.2) is 9.21 Å². The van der Waals surface area contributed by atoms with Gasteiger partial charge < -0.3 is 14.1 Å². The van der Waals surface area contributed by atoms with Crippen molar-refractivity contribution in [3.63, 3.8) is 0 Å². The molecule has 0 saturated carbocycles. The Morgan fingerprint density at radius 3 is 2.70 bits per heavy atom. The number of hydrogen-bond acceptors (Lipinski definition) is 8. The van der Waals surface area contributed by atoms with Crippen molar-refractivity contribution in [1.82, 2.24) is 9.97 Å². The molecule has 8 heteroatoms. The summed E-state index contributed by atoms with van der Waals surface area (Å²) in [7, 11) is 0. The van der Waals surface area contributed by atoms with Crippen molar-refractivity contribution < 1.29 is 9.15 Å². The minimum atomic E-state index is -0.313. The molecule has 0 aliphatic carbocycles. The van der Waals surface area contributed by atoms with Crippen LogP contribution in [-0.2, 0) is 16.9 Å². The van der Waals surface area contributed by atoms with Gasteiger partial charge in [-0.15, -0.1) is 11.3 Å². The van der Waals surface area contributed by atoms with Gasteiger partial charge in [0.2, 0.25) is 0 Å². The van der Waals surface area contributed by atoms with Gasteiger partial charge in [0.05, 0.1) is 13.2 Å². The molecule has 0 bridgehead atoms. The van der Waals surface area contributed by atoms with E-state index in [-0.39, 0.29) is 10.4 Å². The van der Waals surface area contributed by atoms with Gasteiger partial charge in [-0.25, -0.2) is 14.8 Å². The van der Waals surface area contributed by atoms with Gasteiger partial charge in [0.1, 0.15) is 20.9 Å². The van der Waals surface area contributed by atoms with Crippen LogP contribution in [0.3, 0.4) is 0 Å². The molecule has 2 aliphatic rings. The maximum absolute atomic E-state index is 12.4. The average molecular weight is 404 g/mol. The number of anilines is 1. The van der Waals surface area contributed by atoms with Crippen molar-refractivity contribution in [2.24, 2.45) is 0 Å². The second-order valence-corrected chi connectivity index (χ2v) is 10.4. The number of ether oxygens (including phenoxy) is 1. The van der Waals surface area contributed by atoms with Crippen LogP contribution in [0.2, 0.25) is 0 Å². The standard InChI is InChI=1S/C19H21N3O3S2/c1-10-20-14-13-11-8-19(2,3)26-9-12(11)16(22-4-6-24-7-5-22)21-17(13)27-15(14)18(23)25-10/h4-9H2,1-3H3. The van der Waals surface area contributed by atoms with Crippen LogP contribution in [0.5, 0.6) is 0 Å². The summed E-state index contributed by atoms with van der Waals surface area (Å²) >= 11 is 3.37. The second kappa shape index (κ2) is 6.18. The highest BCUT2D eigenvalue weighted by Gasteiger charge is 2.33. The molecule has 6 nitrogen and oxygen atoms in total. The molecule has 27 heavy (non-hydrogen) atoms. The van der Waals surface area contributed by atoms with Crippen LogP contribution in [0.4, 0.5) is 5.82 Å². The Morgan fingerprint density at radius 2 is 1.93 bits per heavy atom. The van der Waals surface area contributed by atoms with Gasteiger partial charge in [0, 0.05) is 41.5 Å². The molecule has 0 spiro atoms. The first-order valence-electron chi connectivity index (χ1n) is 9.15. The van der Waals surface area contributed by atoms with Crippen LogP contribution in [-0.4, -0.2) is 41.0 Å². The first-order chi connectivity index (χ1) is 12.9. The number of thioether (sulfide) groups is 1. The third-order valence-electron chi connectivity index (χ3n) is 5.22. The number of aromatic nitrogens is 2. The molecule has 0 N–H and O–H groups in total. The predicted molar refractivity (Wildman–Crippen MR) is 110 cm³/mol. The normalized spacial score (nSPS) is 19.6. The lowest BCUT2D eigenvalue weighted by Crippen LogP contribution is -2.38. The van der Waals surface area contributed by atoms with Gasteiger partial charge in [-0.1, -0.05) is 13.8 Å². The van der Waals surface area contributed by atoms with E-state index in [0.717, 1.165) is 60.0 Å². The Labute approximate surface area is 164 Å². The average Bonchev–Trinajstić information content (AvgIpc) is 3.00. The lowest BCUT2D eigenvalue weighted by molar-refractivity contribution is 0.122. The molecular formula is C19H21N3O3S2. The highest BCUT2D eigenvalue weighted by Crippen LogP contribution is 2.46. The SMILES string of the molecule is Cc1nc2c(sc3nc(N4CCOCC4)c4c(c32)CC(C)(C)SC4)c(=O)o1. The molecule has 3 aromatic heterocycles. The summed E-state index contributed by atoms with van der Waals surface area (Å²) in [5.74, 6) is 2.38. The van der Waals surface area contributed by atoms with Crippen LogP contribution >= 0.6 is 23.1 Å². The monoisotopic (exact) mass is 403 g/mol. The van der Waals surface area contributed by atoms with E-state index in [1.165, 1.54) is 22.5 Å². The predicted octanol–water partition coefficient (Wildman–Crippen LogP) is 3.51. The summed E-state index contributed by atoms with van der Waals surface area (Å²) in [6.07, 6.45) is 0.941. The Balaban J connectivity index is 1.85. The largest absolute Gasteiger partial charge is 0.408 e. The highest BCUT2D eigenvalue weighted by molar-refractivity contribution is 7.99. The second-order valence-electron chi connectivity index (χ2n) is 7.70. The third-order valence-corrected chi connectivity index (χ3v) is 7.64. The van der Waals surface area contributed by atoms with Crippen LogP contribution in [0.25, 0.3) is 20.4 Å². The number of fused-ring (bicyclic) bond motifs is 5. The molecule has 1 fully saturated rings. The van der Waals surface area contributed by atoms with Crippen molar-refractivity contribution >= 4 is 49.3 Å². The fourth-order valence-electron chi connectivity index (χ4n) is 3.94. The zero-order valence-corrected chi connectivity index (χ0v) is 17.3. The van der Waals surface area contributed by atoms with Crippen molar-refractivity contribution in [2.75, 3.05) is 31.2 Å². The van der Waals surface area contributed by atoms with Crippen molar-refractivity contribution in [3.8, 4) is 0 Å². The topological polar surface area (TPSA) is 68.5 Å². The maximum atomic E-state index is 12.4. The smallest absolute Gasteiger partial charge is 0.357 e. The van der Waals surface area contributed by atoms with Crippen LogP contribution < -0.4 is 10.5 Å². The number of thiophene rings is 1. The van der Waals surface area contributed by atoms with Crippen molar-refractivity contribution in [2.45, 2.75) is 37.7 Å². The van der Waals surface area contributed by atoms with Gasteiger partial charge in [0.25, 0.3) is 0 Å². The fourth-order valence-corrected chi connectivity index (χ4v) is 6.05. The lowest BCUT2D eigenvalue weighted by atomic mass is 9.94. The Kier molecular flexibility index (Phi) is 4.00. The maximum Gasteiger partial charge on any atom is 0.357 e. The Bertz CT molecular complexity index is 1110. The summed E-state index contributed by atoms with van der Waals surface area (Å²) in [5, 5.41) is 1.05. The number of nitrogens with zero attached hydrogens (tertiary/aromatic N) is 3. The molecule has 0 atom stereocenters. The van der Waals surface area contributed by atoms with Crippen molar-refractivity contribution in [3.05, 3.63) is 27.4 Å². The van der Waals surface area contributed by atoms with E-state index in [0.29, 0.717) is 10.6 Å². The first-order valence-corrected chi connectivity index (χ1v) is 11.0. The van der Waals surface area contributed by atoms with Gasteiger partial charge in [0.15, 0.2) is 5.89 Å². The lowest BCUT2D eigenvalue weighted by Gasteiger charge is -2.35. The van der Waals surface area contributed by atoms with Crippen LogP contribution in [0, 0.1) is 6.92 Å². The van der Waals surface area contributed by atoms with Gasteiger partial charge in [-0.3, -0.25) is 0 Å². The number of aryl methyl sites for hydroxylation is 1. The number of pyridine rings is 1. The van der Waals surface area contributed by atoms with Gasteiger partial charge in [-0.2, -0.15) is 11.8 Å². The summed E-state index contributed by atoms with van der Waals surface area (Å²) in [4.78, 5) is 25.2. The molecule has 0 radical (unpaired) electrons. The summed E-state index contributed by atoms with van der Waals surface area (Å²) < 4.78 is 11.5. The van der Waals surface area contributed by atoms with E-state index < -0.39 is 0 Å². The molecule has 1 saturated heterocycles. The number of morpholine rings is 1. The molecule has 142 valence electrons. The van der Waals surface area contributed by atoms with E-state index in [2.05, 4.69) is 23.7 Å². The van der Waals surface area contributed by atoms with E-state index in [1.807, 2.05) is 11.8 Å². The molecule has 5 rings (SSSR count). The number of rotatable bonds is 1. The molecule has 0 unspecified atom stereocenters. The van der Waals surface area contributed by atoms with E-state index in [9.17, 15) is 4.79 Å². The summed E-state index contributed by atoms with van der Waals surface area (Å²) in [5.41, 5.74) is 3.03. The zero-order valence-electron chi connectivity index (χ0n) is 15.6. The molecule has 5 heterocycles. The quantitative estimate of drug-likeness (QED) is 0.616. The van der Waals surface area contributed by atoms with Crippen LogP contribution in [0.1, 0.15) is 30.9 Å². The minimum Gasteiger partial charge on any atom is -0.408 e. The Hall–Kier alpha value is -1.64. The van der Waals surface area contributed by atoms with E-state index >= 15 is 0 Å². The molecule has 2 aliphatic heterocycles. The number of hydrogen-bond donors (Lipinski definition) is 0. The summed E-state index contributed by atoms with van der Waals surface area (Å²) in [6.45, 7) is 9.44. The fraction of sp³-hybridized carbons (Fsp3) is 0.526. The molecule has 0 aromatic carbocycles. The minimum absolute atomic E-state index is 0.145. The first kappa shape index (κ1) is 17.5. The zero-order chi connectivity index (χ0) is 18.8. The van der Waals surface area contributed by atoms with Gasteiger partial charge >= 0.3 is 5.63 Å². The van der Waals surface area contributed by atoms with Gasteiger partial charge in [-0.05, 0) is 12.0 Å². The molecule has 3 aromatic rings. The highest BCUT2D eigenvalue weighted by atomic mass is 32.2. The summed E-state index contributed by atoms with van der Waals surface area (Å²) in [6, 6.07) is 0. The molecular weight excluding hydrogens is 382 g/mol. The Morgan fingerprint density at radius 1 is 1.15 bits per heavy atom. The molecule has 0 amide bonds.